The van der Waals surface area contributed by atoms with Crippen molar-refractivity contribution in [3.8, 4) is 10.8 Å². The smallest absolute Gasteiger partial charge is 0.191 e. The van der Waals surface area contributed by atoms with Crippen molar-refractivity contribution in [3.63, 3.8) is 0 Å². The molecule has 4 heterocycles. The van der Waals surface area contributed by atoms with Gasteiger partial charge < -0.3 is 15.1 Å². The van der Waals surface area contributed by atoms with E-state index in [1.807, 2.05) is 18.2 Å². The Bertz CT molecular complexity index is 1350. The molecule has 1 aliphatic heterocycles. The molecular formula is C23H22N8S. The lowest BCUT2D eigenvalue weighted by molar-refractivity contribution is 0.313. The highest BCUT2D eigenvalue weighted by Gasteiger charge is 2.16. The van der Waals surface area contributed by atoms with Gasteiger partial charge in [0.15, 0.2) is 16.6 Å². The Morgan fingerprint density at radius 3 is 2.53 bits per heavy atom. The molecule has 1 fully saturated rings. The van der Waals surface area contributed by atoms with Crippen molar-refractivity contribution in [2.75, 3.05) is 43.4 Å². The molecule has 0 spiro atoms. The summed E-state index contributed by atoms with van der Waals surface area (Å²) >= 11 is 1.59. The molecule has 0 atom stereocenters. The van der Waals surface area contributed by atoms with Crippen LogP contribution in [0.5, 0.6) is 0 Å². The Hall–Kier alpha value is -3.56. The van der Waals surface area contributed by atoms with E-state index in [9.17, 15) is 0 Å². The molecule has 0 unspecified atom stereocenters. The number of H-pyrrole nitrogens is 1. The number of aromatic amines is 1. The van der Waals surface area contributed by atoms with E-state index in [-0.39, 0.29) is 0 Å². The van der Waals surface area contributed by atoms with Crippen LogP contribution in [0.1, 0.15) is 0 Å². The van der Waals surface area contributed by atoms with E-state index in [0.29, 0.717) is 11.6 Å². The van der Waals surface area contributed by atoms with Gasteiger partial charge in [-0.3, -0.25) is 5.10 Å². The Kier molecular flexibility index (Phi) is 4.70. The van der Waals surface area contributed by atoms with Crippen LogP contribution in [0.25, 0.3) is 32.1 Å². The first-order chi connectivity index (χ1) is 15.7. The Labute approximate surface area is 188 Å². The second-order valence-electron chi connectivity index (χ2n) is 7.98. The van der Waals surface area contributed by atoms with Gasteiger partial charge in [0.25, 0.3) is 0 Å². The molecular weight excluding hydrogens is 420 g/mol. The average molecular weight is 443 g/mol. The van der Waals surface area contributed by atoms with Crippen molar-refractivity contribution in [3.05, 3.63) is 54.7 Å². The van der Waals surface area contributed by atoms with Gasteiger partial charge in [0.1, 0.15) is 11.0 Å². The van der Waals surface area contributed by atoms with E-state index >= 15 is 0 Å². The lowest BCUT2D eigenvalue weighted by atomic mass is 10.2. The van der Waals surface area contributed by atoms with Gasteiger partial charge in [0.05, 0.1) is 16.4 Å². The van der Waals surface area contributed by atoms with Crippen molar-refractivity contribution < 1.29 is 0 Å². The van der Waals surface area contributed by atoms with Crippen LogP contribution in [0.4, 0.5) is 17.2 Å². The number of nitrogens with one attached hydrogen (secondary N) is 2. The van der Waals surface area contributed by atoms with Crippen LogP contribution >= 0.6 is 11.3 Å². The van der Waals surface area contributed by atoms with Crippen LogP contribution < -0.4 is 10.2 Å². The van der Waals surface area contributed by atoms with Crippen LogP contribution in [0.2, 0.25) is 0 Å². The fraction of sp³-hybridized carbons (Fsp3) is 0.217. The number of benzene rings is 2. The summed E-state index contributed by atoms with van der Waals surface area (Å²) in [6.07, 6.45) is 1.72. The molecule has 3 aromatic heterocycles. The first-order valence-electron chi connectivity index (χ1n) is 10.6. The number of anilines is 3. The normalized spacial score (nSPS) is 15.0. The van der Waals surface area contributed by atoms with Crippen molar-refractivity contribution in [1.29, 1.82) is 0 Å². The number of aromatic nitrogens is 5. The highest BCUT2D eigenvalue weighted by atomic mass is 32.1. The summed E-state index contributed by atoms with van der Waals surface area (Å²) in [5.74, 6) is 1.28. The number of piperazine rings is 1. The van der Waals surface area contributed by atoms with Crippen molar-refractivity contribution in [1.82, 2.24) is 30.0 Å². The van der Waals surface area contributed by atoms with Crippen molar-refractivity contribution in [2.45, 2.75) is 0 Å². The predicted octanol–water partition coefficient (Wildman–Crippen LogP) is 4.13. The van der Waals surface area contributed by atoms with E-state index in [1.54, 1.807) is 17.5 Å². The predicted molar refractivity (Wildman–Crippen MR) is 130 cm³/mol. The Balaban J connectivity index is 1.31. The van der Waals surface area contributed by atoms with Gasteiger partial charge in [-0.05, 0) is 43.4 Å². The van der Waals surface area contributed by atoms with E-state index < -0.39 is 0 Å². The van der Waals surface area contributed by atoms with Gasteiger partial charge in [-0.2, -0.15) is 5.10 Å². The second-order valence-corrected chi connectivity index (χ2v) is 9.01. The number of likely N-dealkylation sites (N-methyl/N-ethyl adjacent to an activating group) is 1. The van der Waals surface area contributed by atoms with Gasteiger partial charge in [0, 0.05) is 37.6 Å². The molecule has 0 bridgehead atoms. The first-order valence-corrected chi connectivity index (χ1v) is 11.4. The summed E-state index contributed by atoms with van der Waals surface area (Å²) in [6.45, 7) is 4.28. The van der Waals surface area contributed by atoms with Crippen LogP contribution in [-0.2, 0) is 0 Å². The molecule has 1 aliphatic rings. The molecule has 0 amide bonds. The highest BCUT2D eigenvalue weighted by molar-refractivity contribution is 7.21. The zero-order chi connectivity index (χ0) is 21.5. The van der Waals surface area contributed by atoms with Crippen LogP contribution in [-0.4, -0.2) is 63.3 Å². The van der Waals surface area contributed by atoms with E-state index in [1.165, 1.54) is 5.69 Å². The van der Waals surface area contributed by atoms with Crippen LogP contribution in [0, 0.1) is 0 Å². The maximum atomic E-state index is 4.79. The summed E-state index contributed by atoms with van der Waals surface area (Å²) in [6, 6.07) is 16.6. The number of thiazole rings is 1. The number of fused-ring (bicyclic) bond motifs is 2. The molecule has 32 heavy (non-hydrogen) atoms. The van der Waals surface area contributed by atoms with E-state index in [0.717, 1.165) is 58.1 Å². The summed E-state index contributed by atoms with van der Waals surface area (Å²) in [5, 5.41) is 11.4. The summed E-state index contributed by atoms with van der Waals surface area (Å²) in [4.78, 5) is 19.0. The van der Waals surface area contributed by atoms with Crippen LogP contribution in [0.15, 0.2) is 54.7 Å². The third-order valence-electron chi connectivity index (χ3n) is 5.78. The second kappa shape index (κ2) is 7.85. The fourth-order valence-corrected chi connectivity index (χ4v) is 4.85. The third kappa shape index (κ3) is 3.55. The fourth-order valence-electron chi connectivity index (χ4n) is 3.95. The third-order valence-corrected chi connectivity index (χ3v) is 6.82. The lowest BCUT2D eigenvalue weighted by Crippen LogP contribution is -2.44. The average Bonchev–Trinajstić information content (AvgIpc) is 3.47. The molecule has 0 radical (unpaired) electrons. The number of nitrogens with zero attached hydrogens (tertiary/aromatic N) is 6. The Morgan fingerprint density at radius 2 is 1.72 bits per heavy atom. The summed E-state index contributed by atoms with van der Waals surface area (Å²) < 4.78 is 1.12. The molecule has 6 rings (SSSR count). The zero-order valence-electron chi connectivity index (χ0n) is 17.6. The monoisotopic (exact) mass is 442 g/mol. The van der Waals surface area contributed by atoms with Gasteiger partial charge in [0.2, 0.25) is 0 Å². The topological polar surface area (TPSA) is 85.9 Å². The van der Waals surface area contributed by atoms with Gasteiger partial charge >= 0.3 is 0 Å². The number of para-hydroxylation sites is 1. The SMILES string of the molecule is CN1CCN(c2ccc(Nc3nc(-c4nc5ccccc5s4)nc4cn[nH]c34)cc2)CC1. The van der Waals surface area contributed by atoms with E-state index in [4.69, 9.17) is 9.97 Å². The number of hydrogen-bond acceptors (Lipinski definition) is 8. The molecule has 9 heteroatoms. The minimum Gasteiger partial charge on any atom is -0.369 e. The highest BCUT2D eigenvalue weighted by Crippen LogP contribution is 2.31. The minimum atomic E-state index is 0.594. The summed E-state index contributed by atoms with van der Waals surface area (Å²) in [5.41, 5.74) is 4.70. The maximum absolute atomic E-state index is 4.79. The molecule has 0 aliphatic carbocycles. The molecule has 1 saturated heterocycles. The largest absolute Gasteiger partial charge is 0.369 e. The molecule has 160 valence electrons. The number of hydrogen-bond donors (Lipinski definition) is 2. The maximum Gasteiger partial charge on any atom is 0.191 e. The molecule has 5 aromatic rings. The Morgan fingerprint density at radius 1 is 0.906 bits per heavy atom. The number of rotatable bonds is 4. The minimum absolute atomic E-state index is 0.594. The molecule has 8 nitrogen and oxygen atoms in total. The van der Waals surface area contributed by atoms with Crippen LogP contribution in [0.3, 0.4) is 0 Å². The van der Waals surface area contributed by atoms with Gasteiger partial charge in [-0.25, -0.2) is 15.0 Å². The molecule has 2 aromatic carbocycles. The van der Waals surface area contributed by atoms with Crippen molar-refractivity contribution >= 4 is 49.8 Å². The van der Waals surface area contributed by atoms with Gasteiger partial charge in [-0.15, -0.1) is 11.3 Å². The standard InChI is InChI=1S/C23H22N8S/c1-30-10-12-31(13-11-30)16-8-6-15(7-9-16)25-21-20-18(14-24-29-20)26-22(28-21)23-27-17-4-2-3-5-19(17)32-23/h2-9,14H,10-13H2,1H3,(H,24,29)(H,25,26,28). The van der Waals surface area contributed by atoms with Gasteiger partial charge in [-0.1, -0.05) is 12.1 Å². The quantitative estimate of drug-likeness (QED) is 0.433. The van der Waals surface area contributed by atoms with E-state index in [2.05, 4.69) is 67.7 Å². The zero-order valence-corrected chi connectivity index (χ0v) is 18.4. The first kappa shape index (κ1) is 19.1. The summed E-state index contributed by atoms with van der Waals surface area (Å²) in [7, 11) is 2.17. The lowest BCUT2D eigenvalue weighted by Gasteiger charge is -2.34. The molecule has 2 N–H and O–H groups in total. The molecule has 0 saturated carbocycles. The van der Waals surface area contributed by atoms with Crippen molar-refractivity contribution in [2.24, 2.45) is 0 Å².